The van der Waals surface area contributed by atoms with Gasteiger partial charge in [-0.05, 0) is 32.5 Å². The van der Waals surface area contributed by atoms with Crippen LogP contribution in [0.2, 0.25) is 4.34 Å². The van der Waals surface area contributed by atoms with Crippen LogP contribution < -0.4 is 0 Å². The van der Waals surface area contributed by atoms with Crippen LogP contribution in [0.4, 0.5) is 0 Å². The number of hydrogen-bond donors (Lipinski definition) is 1. The van der Waals surface area contributed by atoms with E-state index in [9.17, 15) is 14.7 Å². The third-order valence-corrected chi connectivity index (χ3v) is 4.69. The van der Waals surface area contributed by atoms with Crippen LogP contribution in [0.1, 0.15) is 25.6 Å². The lowest BCUT2D eigenvalue weighted by Gasteiger charge is -2.34. The number of aliphatic carboxylic acids is 1. The zero-order valence-electron chi connectivity index (χ0n) is 12.7. The molecule has 1 aromatic heterocycles. The second kappa shape index (κ2) is 7.24. The molecule has 1 rings (SSSR count). The van der Waals surface area contributed by atoms with E-state index in [1.165, 1.54) is 11.3 Å². The third-order valence-electron chi connectivity index (χ3n) is 3.47. The predicted octanol–water partition coefficient (Wildman–Crippen LogP) is 2.54. The van der Waals surface area contributed by atoms with Gasteiger partial charge in [-0.3, -0.25) is 14.5 Å². The molecule has 0 radical (unpaired) electrons. The van der Waals surface area contributed by atoms with E-state index in [0.717, 1.165) is 4.88 Å². The smallest absolute Gasteiger partial charge is 0.323 e. The van der Waals surface area contributed by atoms with Crippen LogP contribution in [0.15, 0.2) is 12.1 Å². The fourth-order valence-electron chi connectivity index (χ4n) is 1.88. The summed E-state index contributed by atoms with van der Waals surface area (Å²) in [5, 5.41) is 9.25. The molecule has 118 valence electrons. The number of likely N-dealkylation sites (N-methyl/N-ethyl adjacent to an activating group) is 2. The molecule has 1 heterocycles. The number of nitrogens with zero attached hydrogens (tertiary/aromatic N) is 2. The number of halogens is 1. The Labute approximate surface area is 134 Å². The minimum atomic E-state index is -1.07. The van der Waals surface area contributed by atoms with Gasteiger partial charge in [0.25, 0.3) is 0 Å². The van der Waals surface area contributed by atoms with Crippen LogP contribution in [0.3, 0.4) is 0 Å². The summed E-state index contributed by atoms with van der Waals surface area (Å²) in [7, 11) is 1.71. The molecule has 1 N–H and O–H groups in total. The Morgan fingerprint density at radius 3 is 2.43 bits per heavy atom. The Kier molecular flexibility index (Phi) is 6.19. The number of amides is 1. The molecule has 0 aliphatic rings. The van der Waals surface area contributed by atoms with Crippen molar-refractivity contribution < 1.29 is 14.7 Å². The highest BCUT2D eigenvalue weighted by atomic mass is 35.5. The molecule has 21 heavy (non-hydrogen) atoms. The zero-order chi connectivity index (χ0) is 16.2. The Bertz CT molecular complexity index is 516. The predicted molar refractivity (Wildman–Crippen MR) is 84.8 cm³/mol. The number of rotatable bonds is 7. The molecule has 7 heteroatoms. The molecular formula is C14H21ClN2O3S. The van der Waals surface area contributed by atoms with Gasteiger partial charge < -0.3 is 10.0 Å². The van der Waals surface area contributed by atoms with Gasteiger partial charge in [0.1, 0.15) is 5.54 Å². The maximum absolute atomic E-state index is 12.3. The molecule has 0 spiro atoms. The van der Waals surface area contributed by atoms with Gasteiger partial charge in [0.05, 0.1) is 17.4 Å². The van der Waals surface area contributed by atoms with E-state index < -0.39 is 11.5 Å². The summed E-state index contributed by atoms with van der Waals surface area (Å²) in [5.41, 5.74) is -1.07. The van der Waals surface area contributed by atoms with E-state index in [1.54, 1.807) is 36.8 Å². The lowest BCUT2D eigenvalue weighted by atomic mass is 10.0. The van der Waals surface area contributed by atoms with Gasteiger partial charge in [-0.2, -0.15) is 0 Å². The summed E-state index contributed by atoms with van der Waals surface area (Å²) in [6, 6.07) is 3.68. The zero-order valence-corrected chi connectivity index (χ0v) is 14.3. The van der Waals surface area contributed by atoms with Crippen molar-refractivity contribution in [1.29, 1.82) is 0 Å². The van der Waals surface area contributed by atoms with E-state index in [4.69, 9.17) is 11.6 Å². The van der Waals surface area contributed by atoms with E-state index in [2.05, 4.69) is 0 Å². The molecule has 5 nitrogen and oxygen atoms in total. The van der Waals surface area contributed by atoms with Crippen LogP contribution in [-0.2, 0) is 16.1 Å². The first-order valence-electron chi connectivity index (χ1n) is 6.65. The molecule has 0 fully saturated rings. The highest BCUT2D eigenvalue weighted by molar-refractivity contribution is 7.16. The monoisotopic (exact) mass is 332 g/mol. The first-order chi connectivity index (χ1) is 9.68. The van der Waals surface area contributed by atoms with Gasteiger partial charge in [-0.15, -0.1) is 11.3 Å². The summed E-state index contributed by atoms with van der Waals surface area (Å²) in [6.07, 6.45) is 0. The molecule has 0 saturated carbocycles. The van der Waals surface area contributed by atoms with Crippen molar-refractivity contribution in [3.05, 3.63) is 21.3 Å². The molecular weight excluding hydrogens is 312 g/mol. The van der Waals surface area contributed by atoms with Crippen LogP contribution in [0.25, 0.3) is 0 Å². The van der Waals surface area contributed by atoms with Gasteiger partial charge in [0.15, 0.2) is 0 Å². The number of carboxylic acids is 1. The van der Waals surface area contributed by atoms with Gasteiger partial charge in [0, 0.05) is 11.9 Å². The standard InChI is InChI=1S/C14H21ClN2O3S/c1-5-17(14(2,3)13(19)20)9-12(18)16(4)8-10-6-7-11(15)21-10/h6-7H,5,8-9H2,1-4H3,(H,19,20). The molecule has 0 aromatic carbocycles. The highest BCUT2D eigenvalue weighted by Crippen LogP contribution is 2.22. The lowest BCUT2D eigenvalue weighted by molar-refractivity contribution is -0.150. The maximum atomic E-state index is 12.3. The van der Waals surface area contributed by atoms with Crippen molar-refractivity contribution in [3.8, 4) is 0 Å². The van der Waals surface area contributed by atoms with Crippen LogP contribution >= 0.6 is 22.9 Å². The summed E-state index contributed by atoms with van der Waals surface area (Å²) in [6.45, 7) is 6.09. The van der Waals surface area contributed by atoms with E-state index in [-0.39, 0.29) is 12.5 Å². The van der Waals surface area contributed by atoms with E-state index in [1.807, 2.05) is 13.0 Å². The van der Waals surface area contributed by atoms with Crippen molar-refractivity contribution in [2.45, 2.75) is 32.9 Å². The summed E-state index contributed by atoms with van der Waals surface area (Å²) in [4.78, 5) is 27.8. The Morgan fingerprint density at radius 1 is 1.38 bits per heavy atom. The molecule has 0 aliphatic carbocycles. The largest absolute Gasteiger partial charge is 0.480 e. The average Bonchev–Trinajstić information content (AvgIpc) is 2.80. The molecule has 1 amide bonds. The number of carboxylic acid groups (broad SMARTS) is 1. The van der Waals surface area contributed by atoms with Crippen molar-refractivity contribution in [3.63, 3.8) is 0 Å². The maximum Gasteiger partial charge on any atom is 0.323 e. The minimum Gasteiger partial charge on any atom is -0.480 e. The van der Waals surface area contributed by atoms with Gasteiger partial charge in [0.2, 0.25) is 5.91 Å². The number of hydrogen-bond acceptors (Lipinski definition) is 4. The SMILES string of the molecule is CCN(CC(=O)N(C)Cc1ccc(Cl)s1)C(C)(C)C(=O)O. The second-order valence-corrected chi connectivity index (χ2v) is 7.13. The van der Waals surface area contributed by atoms with Crippen molar-refractivity contribution in [2.24, 2.45) is 0 Å². The lowest BCUT2D eigenvalue weighted by Crippen LogP contribution is -2.53. The molecule has 0 bridgehead atoms. The fraction of sp³-hybridized carbons (Fsp3) is 0.571. The van der Waals surface area contributed by atoms with E-state index in [0.29, 0.717) is 17.4 Å². The normalized spacial score (nSPS) is 11.7. The van der Waals surface area contributed by atoms with E-state index >= 15 is 0 Å². The topological polar surface area (TPSA) is 60.9 Å². The molecule has 0 unspecified atom stereocenters. The molecule has 0 aliphatic heterocycles. The average molecular weight is 333 g/mol. The summed E-state index contributed by atoms with van der Waals surface area (Å²) in [5.74, 6) is -1.06. The fourth-order valence-corrected chi connectivity index (χ4v) is 3.02. The Morgan fingerprint density at radius 2 is 2.00 bits per heavy atom. The number of carbonyl (C=O) groups excluding carboxylic acids is 1. The van der Waals surface area contributed by atoms with Gasteiger partial charge in [-0.1, -0.05) is 18.5 Å². The highest BCUT2D eigenvalue weighted by Gasteiger charge is 2.35. The van der Waals surface area contributed by atoms with Gasteiger partial charge in [-0.25, -0.2) is 0 Å². The number of carbonyl (C=O) groups is 2. The van der Waals surface area contributed by atoms with Crippen molar-refractivity contribution >= 4 is 34.8 Å². The molecule has 0 atom stereocenters. The van der Waals surface area contributed by atoms with Crippen molar-refractivity contribution in [2.75, 3.05) is 20.1 Å². The number of thiophene rings is 1. The quantitative estimate of drug-likeness (QED) is 0.833. The molecule has 1 aromatic rings. The molecule has 0 saturated heterocycles. The Hall–Kier alpha value is -1.11. The van der Waals surface area contributed by atoms with Crippen molar-refractivity contribution in [1.82, 2.24) is 9.80 Å². The van der Waals surface area contributed by atoms with Crippen LogP contribution in [0.5, 0.6) is 0 Å². The summed E-state index contributed by atoms with van der Waals surface area (Å²) >= 11 is 7.30. The summed E-state index contributed by atoms with van der Waals surface area (Å²) < 4.78 is 0.688. The first-order valence-corrected chi connectivity index (χ1v) is 7.84. The van der Waals surface area contributed by atoms with Crippen LogP contribution in [-0.4, -0.2) is 52.5 Å². The Balaban J connectivity index is 2.67. The third kappa shape index (κ3) is 4.69. The second-order valence-electron chi connectivity index (χ2n) is 5.33. The van der Waals surface area contributed by atoms with Crippen LogP contribution in [0, 0.1) is 0 Å². The minimum absolute atomic E-state index is 0.0748. The first kappa shape index (κ1) is 17.9. The van der Waals surface area contributed by atoms with Gasteiger partial charge >= 0.3 is 5.97 Å².